The Morgan fingerprint density at radius 2 is 0.957 bits per heavy atom. The van der Waals surface area contributed by atoms with Crippen LogP contribution in [0.3, 0.4) is 0 Å². The number of ether oxygens (including phenoxy) is 2. The molecule has 0 spiro atoms. The van der Waals surface area contributed by atoms with E-state index in [2.05, 4.69) is 156 Å². The molecule has 3 aliphatic carbocycles. The van der Waals surface area contributed by atoms with Gasteiger partial charge in [-0.3, -0.25) is 0 Å². The van der Waals surface area contributed by atoms with Crippen molar-refractivity contribution in [2.75, 3.05) is 13.2 Å². The first kappa shape index (κ1) is 53.0. The average molecular weight is 931 g/mol. The Bertz CT molecular complexity index is 2280. The van der Waals surface area contributed by atoms with E-state index in [0.717, 1.165) is 65.8 Å². The molecular weight excluding hydrogens is 837 g/mol. The van der Waals surface area contributed by atoms with Gasteiger partial charge in [0.15, 0.2) is 0 Å². The van der Waals surface area contributed by atoms with Crippen LogP contribution in [0.4, 0.5) is 0 Å². The summed E-state index contributed by atoms with van der Waals surface area (Å²) >= 11 is 0. The second-order valence-electron chi connectivity index (χ2n) is 24.7. The predicted molar refractivity (Wildman–Crippen MR) is 298 cm³/mol. The summed E-state index contributed by atoms with van der Waals surface area (Å²) in [6.07, 6.45) is 26.5. The van der Waals surface area contributed by atoms with Crippen LogP contribution in [-0.4, -0.2) is 13.2 Å². The molecule has 2 radical (unpaired) electrons. The zero-order valence-electron chi connectivity index (χ0n) is 45.9. The summed E-state index contributed by atoms with van der Waals surface area (Å²) in [6, 6.07) is 27.9. The Hall–Kier alpha value is -3.78. The molecule has 0 heterocycles. The third-order valence-electron chi connectivity index (χ3n) is 16.6. The number of hydrogen-bond donors (Lipinski definition) is 0. The number of fused-ring (bicyclic) bond motifs is 11. The van der Waals surface area contributed by atoms with Gasteiger partial charge in [-0.25, -0.2) is 0 Å². The summed E-state index contributed by atoms with van der Waals surface area (Å²) in [5.41, 5.74) is 15.5. The van der Waals surface area contributed by atoms with Gasteiger partial charge in [0, 0.05) is 28.7 Å². The lowest BCUT2D eigenvalue weighted by Gasteiger charge is -2.35. The normalized spacial score (nSPS) is 17.1. The fourth-order valence-corrected chi connectivity index (χ4v) is 12.0. The van der Waals surface area contributed by atoms with E-state index in [-0.39, 0.29) is 5.41 Å². The smallest absolute Gasteiger partial charge is 0.135 e. The predicted octanol–water partition coefficient (Wildman–Crippen LogP) is 20.2. The van der Waals surface area contributed by atoms with E-state index in [0.29, 0.717) is 30.3 Å². The molecule has 4 atom stereocenters. The third kappa shape index (κ3) is 13.4. The molecule has 4 unspecified atom stereocenters. The van der Waals surface area contributed by atoms with Crippen molar-refractivity contribution >= 4 is 5.76 Å². The molecule has 374 valence electrons. The van der Waals surface area contributed by atoms with Crippen molar-refractivity contribution in [1.82, 2.24) is 0 Å². The molecule has 2 heteroatoms. The van der Waals surface area contributed by atoms with E-state index in [4.69, 9.17) is 9.47 Å². The quantitative estimate of drug-likeness (QED) is 0.0457. The van der Waals surface area contributed by atoms with Crippen LogP contribution < -0.4 is 4.74 Å². The van der Waals surface area contributed by atoms with Gasteiger partial charge in [0.25, 0.3) is 0 Å². The van der Waals surface area contributed by atoms with Gasteiger partial charge in [-0.15, -0.1) is 0 Å². The fraction of sp³-hybridized carbons (Fsp3) is 0.612. The van der Waals surface area contributed by atoms with E-state index < -0.39 is 0 Å². The summed E-state index contributed by atoms with van der Waals surface area (Å²) in [5, 5.41) is 0. The average Bonchev–Trinajstić information content (AvgIpc) is 3.56. The van der Waals surface area contributed by atoms with Gasteiger partial charge < -0.3 is 9.47 Å². The molecule has 4 aromatic carbocycles. The highest BCUT2D eigenvalue weighted by Crippen LogP contribution is 2.59. The van der Waals surface area contributed by atoms with Crippen LogP contribution in [0.1, 0.15) is 221 Å². The van der Waals surface area contributed by atoms with Gasteiger partial charge in [-0.1, -0.05) is 197 Å². The molecule has 0 fully saturated rings. The number of rotatable bonds is 30. The summed E-state index contributed by atoms with van der Waals surface area (Å²) in [7, 11) is 0. The van der Waals surface area contributed by atoms with E-state index in [9.17, 15) is 0 Å². The summed E-state index contributed by atoms with van der Waals surface area (Å²) in [5.74, 6) is 7.48. The highest BCUT2D eigenvalue weighted by molar-refractivity contribution is 6.11. The zero-order valence-corrected chi connectivity index (χ0v) is 45.9. The molecule has 0 saturated carbocycles. The van der Waals surface area contributed by atoms with E-state index >= 15 is 0 Å². The van der Waals surface area contributed by atoms with E-state index in [1.165, 1.54) is 158 Å². The van der Waals surface area contributed by atoms with Crippen molar-refractivity contribution in [3.05, 3.63) is 95.1 Å². The zero-order chi connectivity index (χ0) is 49.2. The Morgan fingerprint density at radius 1 is 0.449 bits per heavy atom. The molecule has 69 heavy (non-hydrogen) atoms. The maximum Gasteiger partial charge on any atom is 0.135 e. The highest BCUT2D eigenvalue weighted by atomic mass is 16.5. The minimum atomic E-state index is -0.0712. The molecule has 0 amide bonds. The SMILES string of the molecule is CC(C)CCCC(C)CCOC1=[C]c2ccc3c(c2)C(CCC(C)CCCC(C)C)(CCC(C)CCCC(C)C)c2cc(ccc2-3)-c2[c]c1cc1c2-c2cccc(OCCC(C)CCCC(C)C)c2-1. The van der Waals surface area contributed by atoms with Gasteiger partial charge in [-0.2, -0.15) is 0 Å². The minimum absolute atomic E-state index is 0.0712. The lowest BCUT2D eigenvalue weighted by atomic mass is 9.68. The van der Waals surface area contributed by atoms with Crippen molar-refractivity contribution in [3.8, 4) is 50.3 Å². The molecule has 6 bridgehead atoms. The molecule has 2 nitrogen and oxygen atoms in total. The largest absolute Gasteiger partial charge is 0.493 e. The number of hydrogen-bond acceptors (Lipinski definition) is 2. The Balaban J connectivity index is 1.30. The van der Waals surface area contributed by atoms with E-state index in [1.807, 2.05) is 0 Å². The van der Waals surface area contributed by atoms with Crippen molar-refractivity contribution in [1.29, 1.82) is 0 Å². The summed E-state index contributed by atoms with van der Waals surface area (Å²) < 4.78 is 13.8. The first-order valence-electron chi connectivity index (χ1n) is 28.6. The highest BCUT2D eigenvalue weighted by Gasteiger charge is 2.44. The van der Waals surface area contributed by atoms with Crippen molar-refractivity contribution in [3.63, 3.8) is 0 Å². The second kappa shape index (κ2) is 24.6. The summed E-state index contributed by atoms with van der Waals surface area (Å²) in [4.78, 5) is 0. The first-order chi connectivity index (χ1) is 33.1. The first-order valence-corrected chi connectivity index (χ1v) is 28.6. The van der Waals surface area contributed by atoms with Crippen LogP contribution in [0.5, 0.6) is 5.75 Å². The third-order valence-corrected chi connectivity index (χ3v) is 16.6. The Kier molecular flexibility index (Phi) is 18.9. The Morgan fingerprint density at radius 3 is 1.51 bits per heavy atom. The second-order valence-corrected chi connectivity index (χ2v) is 24.7. The van der Waals surface area contributed by atoms with Gasteiger partial charge in [0.1, 0.15) is 11.5 Å². The maximum atomic E-state index is 7.03. The lowest BCUT2D eigenvalue weighted by Crippen LogP contribution is -2.27. The molecule has 3 aliphatic rings. The van der Waals surface area contributed by atoms with Crippen molar-refractivity contribution < 1.29 is 9.47 Å². The lowest BCUT2D eigenvalue weighted by molar-refractivity contribution is 0.242. The minimum Gasteiger partial charge on any atom is -0.493 e. The molecule has 0 aromatic heterocycles. The van der Waals surface area contributed by atoms with Crippen LogP contribution in [-0.2, 0) is 10.2 Å². The maximum absolute atomic E-state index is 7.03. The van der Waals surface area contributed by atoms with Crippen LogP contribution in [0.15, 0.2) is 60.7 Å². The monoisotopic (exact) mass is 931 g/mol. The Labute approximate surface area is 423 Å². The van der Waals surface area contributed by atoms with Crippen molar-refractivity contribution in [2.24, 2.45) is 47.3 Å². The summed E-state index contributed by atoms with van der Waals surface area (Å²) in [6.45, 7) is 30.1. The van der Waals surface area contributed by atoms with Crippen LogP contribution in [0.25, 0.3) is 50.3 Å². The molecule has 0 N–H and O–H groups in total. The van der Waals surface area contributed by atoms with Gasteiger partial charge in [0.2, 0.25) is 0 Å². The molecule has 0 saturated heterocycles. The molecule has 0 aliphatic heterocycles. The molecule has 7 rings (SSSR count). The number of benzene rings is 4. The van der Waals surface area contributed by atoms with Crippen LogP contribution >= 0.6 is 0 Å². The van der Waals surface area contributed by atoms with Gasteiger partial charge >= 0.3 is 0 Å². The topological polar surface area (TPSA) is 18.5 Å². The standard InChI is InChI=1S/C67H94O2/c1-45(2)18-13-22-49(9)32-36-67(37-33-50(10)23-14-19-46(3)4)61-40-53-28-30-56(61)57-31-29-54(44-62(57)67)59-42-55(64(41-53)69-39-35-52(12)25-16-21-48(7)8)43-60-65(59)58-26-17-27-63(66(58)60)68-38-34-51(11)24-15-20-47(5)6/h17,26-31,40,43-52H,13-16,18-25,32-39H2,1-12H3. The van der Waals surface area contributed by atoms with Crippen molar-refractivity contribution in [2.45, 2.75) is 204 Å². The van der Waals surface area contributed by atoms with Crippen LogP contribution in [0.2, 0.25) is 0 Å². The fourth-order valence-electron chi connectivity index (χ4n) is 12.0. The van der Waals surface area contributed by atoms with Gasteiger partial charge in [-0.05, 0) is 166 Å². The molecule has 4 aromatic rings. The molecular formula is C67H94O2. The van der Waals surface area contributed by atoms with Crippen LogP contribution in [0, 0.1) is 59.5 Å². The van der Waals surface area contributed by atoms with E-state index in [1.54, 1.807) is 0 Å². The van der Waals surface area contributed by atoms with Gasteiger partial charge in [0.05, 0.1) is 13.2 Å².